The van der Waals surface area contributed by atoms with E-state index in [2.05, 4.69) is 4.90 Å². The molecule has 0 radical (unpaired) electrons. The lowest BCUT2D eigenvalue weighted by atomic mass is 9.66. The van der Waals surface area contributed by atoms with Gasteiger partial charge in [0.2, 0.25) is 0 Å². The number of amides is 1. The molecular weight excluding hydrogens is 511 g/mol. The van der Waals surface area contributed by atoms with Crippen molar-refractivity contribution < 1.29 is 19.4 Å². The first kappa shape index (κ1) is 29.7. The van der Waals surface area contributed by atoms with Gasteiger partial charge in [-0.25, -0.2) is 4.79 Å². The van der Waals surface area contributed by atoms with E-state index in [0.29, 0.717) is 42.5 Å². The van der Waals surface area contributed by atoms with Crippen LogP contribution in [0.3, 0.4) is 0 Å². The summed E-state index contributed by atoms with van der Waals surface area (Å²) in [4.78, 5) is 14.6. The van der Waals surface area contributed by atoms with E-state index in [1.54, 1.807) is 13.2 Å². The molecular formula is C29H40Cl2N2O4. The number of carbonyl (C=O) groups is 1. The number of nitrogens with two attached hydrogens (primary N) is 1. The Morgan fingerprint density at radius 3 is 2.14 bits per heavy atom. The van der Waals surface area contributed by atoms with Gasteiger partial charge in [-0.15, -0.1) is 0 Å². The number of benzene rings is 2. The van der Waals surface area contributed by atoms with E-state index in [-0.39, 0.29) is 23.9 Å². The second-order valence-electron chi connectivity index (χ2n) is 10.7. The molecule has 6 nitrogen and oxygen atoms in total. The molecule has 1 saturated heterocycles. The Hall–Kier alpha value is -1.83. The average Bonchev–Trinajstić information content (AvgIpc) is 2.86. The Morgan fingerprint density at radius 1 is 1.05 bits per heavy atom. The van der Waals surface area contributed by atoms with Gasteiger partial charge in [-0.3, -0.25) is 0 Å². The second kappa shape index (κ2) is 12.4. The zero-order valence-electron chi connectivity index (χ0n) is 22.4. The molecule has 1 heterocycles. The van der Waals surface area contributed by atoms with Crippen LogP contribution in [0.25, 0.3) is 0 Å². The highest BCUT2D eigenvalue weighted by molar-refractivity contribution is 6.42. The molecule has 0 spiro atoms. The van der Waals surface area contributed by atoms with Gasteiger partial charge < -0.3 is 25.2 Å². The number of likely N-dealkylation sites (tertiary alicyclic amines) is 1. The zero-order chi connectivity index (χ0) is 27.4. The van der Waals surface area contributed by atoms with Crippen molar-refractivity contribution in [2.24, 2.45) is 17.6 Å². The quantitative estimate of drug-likeness (QED) is 0.366. The number of ether oxygens (including phenoxy) is 2. The maximum absolute atomic E-state index is 12.3. The molecule has 2 aromatic rings. The van der Waals surface area contributed by atoms with Gasteiger partial charge in [-0.1, -0.05) is 87.3 Å². The molecule has 37 heavy (non-hydrogen) atoms. The fourth-order valence-electron chi connectivity index (χ4n) is 6.04. The van der Waals surface area contributed by atoms with Gasteiger partial charge in [-0.2, -0.15) is 0 Å². The largest absolute Gasteiger partial charge is 0.442 e. The summed E-state index contributed by atoms with van der Waals surface area (Å²) in [7, 11) is 1.68. The smallest absolute Gasteiger partial charge is 0.405 e. The van der Waals surface area contributed by atoms with Crippen molar-refractivity contribution in [2.45, 2.75) is 63.8 Å². The number of halogens is 2. The molecule has 2 atom stereocenters. The molecule has 2 aromatic carbocycles. The maximum Gasteiger partial charge on any atom is 0.405 e. The average molecular weight is 552 g/mol. The number of hydrogen-bond acceptors (Lipinski definition) is 5. The lowest BCUT2D eigenvalue weighted by Crippen LogP contribution is -2.57. The van der Waals surface area contributed by atoms with Crippen LogP contribution in [0.15, 0.2) is 48.5 Å². The summed E-state index contributed by atoms with van der Waals surface area (Å²) in [5.74, 6) is -0.544. The summed E-state index contributed by atoms with van der Waals surface area (Å²) < 4.78 is 12.2. The van der Waals surface area contributed by atoms with Gasteiger partial charge in [0.15, 0.2) is 0 Å². The van der Waals surface area contributed by atoms with E-state index in [1.807, 2.05) is 70.2 Å². The first-order valence-electron chi connectivity index (χ1n) is 12.9. The van der Waals surface area contributed by atoms with Crippen LogP contribution < -0.4 is 5.73 Å². The third-order valence-corrected chi connectivity index (χ3v) is 8.72. The predicted octanol–water partition coefficient (Wildman–Crippen LogP) is 6.22. The molecule has 1 amide bonds. The Morgan fingerprint density at radius 2 is 1.65 bits per heavy atom. The van der Waals surface area contributed by atoms with Crippen LogP contribution in [0, 0.1) is 11.8 Å². The van der Waals surface area contributed by atoms with Crippen molar-refractivity contribution in [1.82, 2.24) is 4.90 Å². The second-order valence-corrected chi connectivity index (χ2v) is 11.5. The molecule has 0 aliphatic carbocycles. The topological polar surface area (TPSA) is 85.0 Å². The Balaban J connectivity index is 1.97. The highest BCUT2D eigenvalue weighted by Crippen LogP contribution is 2.47. The summed E-state index contributed by atoms with van der Waals surface area (Å²) in [5.41, 5.74) is 5.64. The Bertz CT molecular complexity index is 1030. The van der Waals surface area contributed by atoms with Gasteiger partial charge in [-0.05, 0) is 47.9 Å². The van der Waals surface area contributed by atoms with Crippen molar-refractivity contribution >= 4 is 29.3 Å². The van der Waals surface area contributed by atoms with E-state index in [9.17, 15) is 9.90 Å². The molecule has 3 rings (SSSR count). The van der Waals surface area contributed by atoms with Gasteiger partial charge >= 0.3 is 6.09 Å². The molecule has 0 saturated carbocycles. The number of nitrogens with zero attached hydrogens (tertiary/aromatic N) is 1. The summed E-state index contributed by atoms with van der Waals surface area (Å²) >= 11 is 12.7. The van der Waals surface area contributed by atoms with Crippen molar-refractivity contribution in [1.29, 1.82) is 0 Å². The van der Waals surface area contributed by atoms with Crippen LogP contribution >= 0.6 is 23.2 Å². The Labute approximate surface area is 231 Å². The van der Waals surface area contributed by atoms with Gasteiger partial charge in [0.05, 0.1) is 27.7 Å². The fourth-order valence-corrected chi connectivity index (χ4v) is 6.35. The van der Waals surface area contributed by atoms with Crippen molar-refractivity contribution in [3.05, 3.63) is 69.7 Å². The van der Waals surface area contributed by atoms with Crippen LogP contribution in [-0.2, 0) is 15.1 Å². The monoisotopic (exact) mass is 550 g/mol. The summed E-state index contributed by atoms with van der Waals surface area (Å²) in [6.07, 6.45) is 0.0437. The minimum atomic E-state index is -0.968. The number of methoxy groups -OCH3 is 1. The lowest BCUT2D eigenvalue weighted by molar-refractivity contribution is -0.118. The van der Waals surface area contributed by atoms with Crippen LogP contribution in [0.5, 0.6) is 0 Å². The number of piperidine rings is 1. The van der Waals surface area contributed by atoms with Gasteiger partial charge in [0.25, 0.3) is 0 Å². The number of hydrogen-bond donors (Lipinski definition) is 2. The number of aliphatic hydroxyl groups is 1. The maximum atomic E-state index is 12.3. The molecule has 1 aliphatic rings. The first-order valence-corrected chi connectivity index (χ1v) is 13.7. The van der Waals surface area contributed by atoms with E-state index in [0.717, 1.165) is 11.1 Å². The van der Waals surface area contributed by atoms with Crippen LogP contribution in [0.2, 0.25) is 10.0 Å². The Kier molecular flexibility index (Phi) is 9.92. The molecule has 1 aliphatic heterocycles. The molecule has 1 fully saturated rings. The molecule has 8 heteroatoms. The lowest BCUT2D eigenvalue weighted by Gasteiger charge is -2.49. The third-order valence-electron chi connectivity index (χ3n) is 7.98. The normalized spacial score (nSPS) is 18.1. The first-order chi connectivity index (χ1) is 17.4. The minimum Gasteiger partial charge on any atom is -0.442 e. The third kappa shape index (κ3) is 6.43. The highest BCUT2D eigenvalue weighted by atomic mass is 35.5. The van der Waals surface area contributed by atoms with Crippen LogP contribution in [0.1, 0.15) is 57.6 Å². The molecule has 0 bridgehead atoms. The number of rotatable bonds is 10. The van der Waals surface area contributed by atoms with Crippen LogP contribution in [-0.4, -0.2) is 54.5 Å². The van der Waals surface area contributed by atoms with Crippen molar-refractivity contribution in [2.75, 3.05) is 26.7 Å². The van der Waals surface area contributed by atoms with Gasteiger partial charge in [0.1, 0.15) is 5.60 Å². The number of carbonyl (C=O) groups excluding carboxylic acids is 1. The standard InChI is InChI=1S/C29H40Cl2N2O4/c1-19(2)29(20(3)4,37-27(32)34)26(21-11-12-23(30)24(31)17-21)25(36-5)18-33-15-13-28(35,14-16-33)22-9-7-6-8-10-22/h6-12,17,19-20,25-26,35H,13-16,18H2,1-5H3,(H2,32,34). The molecule has 204 valence electrons. The summed E-state index contributed by atoms with van der Waals surface area (Å²) in [6, 6.07) is 15.3. The molecule has 2 unspecified atom stereocenters. The van der Waals surface area contributed by atoms with Crippen molar-refractivity contribution in [3.63, 3.8) is 0 Å². The predicted molar refractivity (Wildman–Crippen MR) is 149 cm³/mol. The van der Waals surface area contributed by atoms with E-state index >= 15 is 0 Å². The SMILES string of the molecule is COC(CN1CCC(O)(c2ccccc2)CC1)C(c1ccc(Cl)c(Cl)c1)C(OC(N)=O)(C(C)C)C(C)C. The van der Waals surface area contributed by atoms with Crippen LogP contribution in [0.4, 0.5) is 4.79 Å². The van der Waals surface area contributed by atoms with E-state index in [4.69, 9.17) is 38.4 Å². The highest BCUT2D eigenvalue weighted by Gasteiger charge is 2.52. The summed E-state index contributed by atoms with van der Waals surface area (Å²) in [6.45, 7) is 10.1. The molecule has 0 aromatic heterocycles. The molecule has 3 N–H and O–H groups in total. The van der Waals surface area contributed by atoms with Crippen molar-refractivity contribution in [3.8, 4) is 0 Å². The van der Waals surface area contributed by atoms with Gasteiger partial charge in [0, 0.05) is 26.7 Å². The summed E-state index contributed by atoms with van der Waals surface area (Å²) in [5, 5.41) is 12.2. The van der Waals surface area contributed by atoms with E-state index < -0.39 is 17.3 Å². The minimum absolute atomic E-state index is 0.0818. The zero-order valence-corrected chi connectivity index (χ0v) is 23.9. The fraction of sp³-hybridized carbons (Fsp3) is 0.552. The number of primary amides is 1. The van der Waals surface area contributed by atoms with E-state index in [1.165, 1.54) is 0 Å².